The van der Waals surface area contributed by atoms with Crippen LogP contribution in [-0.2, 0) is 19.9 Å². The molecule has 0 aliphatic heterocycles. The Hall–Kier alpha value is -1.25. The molecule has 0 radical (unpaired) electrons. The van der Waals surface area contributed by atoms with Crippen molar-refractivity contribution in [3.05, 3.63) is 57.8 Å². The van der Waals surface area contributed by atoms with E-state index in [0.717, 1.165) is 20.8 Å². The van der Waals surface area contributed by atoms with Crippen LogP contribution < -0.4 is 9.92 Å². The van der Waals surface area contributed by atoms with Crippen LogP contribution in [0.3, 0.4) is 0 Å². The van der Waals surface area contributed by atoms with E-state index in [0.29, 0.717) is 5.75 Å². The monoisotopic (exact) mass is 414 g/mol. The first-order valence-electron chi connectivity index (χ1n) is 7.29. The molecule has 0 aliphatic carbocycles. The third-order valence-corrected chi connectivity index (χ3v) is 6.85. The summed E-state index contributed by atoms with van der Waals surface area (Å²) >= 11 is 3.53. The zero-order valence-corrected chi connectivity index (χ0v) is 16.6. The second kappa shape index (κ2) is 8.22. The van der Waals surface area contributed by atoms with Gasteiger partial charge < -0.3 is 18.0 Å². The molecule has 0 saturated heterocycles. The van der Waals surface area contributed by atoms with Gasteiger partial charge in [-0.05, 0) is 58.2 Å². The molecule has 0 unspecified atom stereocenters. The lowest BCUT2D eigenvalue weighted by atomic mass is 10.2. The number of hydrogen-bond donors (Lipinski definition) is 0. The lowest BCUT2D eigenvalue weighted by Gasteiger charge is -2.27. The molecule has 0 heterocycles. The van der Waals surface area contributed by atoms with Crippen molar-refractivity contribution >= 4 is 29.9 Å². The van der Waals surface area contributed by atoms with E-state index in [2.05, 4.69) is 15.9 Å². The number of aryl methyl sites for hydroxylation is 1. The molecule has 0 atom stereocenters. The van der Waals surface area contributed by atoms with Gasteiger partial charge in [-0.25, -0.2) is 4.39 Å². The second-order valence-electron chi connectivity index (χ2n) is 5.21. The zero-order valence-electron chi connectivity index (χ0n) is 14.1. The Morgan fingerprint density at radius 1 is 1.00 bits per heavy atom. The summed E-state index contributed by atoms with van der Waals surface area (Å²) in [5.74, 6) is 0.322. The Morgan fingerprint density at radius 2 is 1.58 bits per heavy atom. The molecule has 0 N–H and O–H groups in total. The van der Waals surface area contributed by atoms with Crippen LogP contribution >= 0.6 is 15.9 Å². The van der Waals surface area contributed by atoms with Gasteiger partial charge in [0.2, 0.25) is 0 Å². The minimum absolute atomic E-state index is 0.277. The lowest BCUT2D eigenvalue weighted by Crippen LogP contribution is -2.55. The van der Waals surface area contributed by atoms with Crippen molar-refractivity contribution in [1.29, 1.82) is 0 Å². The van der Waals surface area contributed by atoms with Gasteiger partial charge in [-0.2, -0.15) is 0 Å². The highest BCUT2D eigenvalue weighted by atomic mass is 79.9. The fraction of sp³-hybridized carbons (Fsp3) is 0.294. The maximum atomic E-state index is 13.0. The summed E-state index contributed by atoms with van der Waals surface area (Å²) in [6.45, 7) is 2.26. The standard InChI is InChI=1S/C17H20BrFO4Si/c1-12-9-15(18)17(16(10-12)24(20-2,21-3)22-4)23-11-13-5-7-14(19)8-6-13/h5-10H,11H2,1-4H3. The average Bonchev–Trinajstić information content (AvgIpc) is 2.57. The van der Waals surface area contributed by atoms with E-state index in [-0.39, 0.29) is 12.4 Å². The van der Waals surface area contributed by atoms with Crippen LogP contribution in [-0.4, -0.2) is 30.1 Å². The molecule has 0 fully saturated rings. The number of ether oxygens (including phenoxy) is 1. The molecule has 7 heteroatoms. The van der Waals surface area contributed by atoms with E-state index in [1.165, 1.54) is 12.1 Å². The highest BCUT2D eigenvalue weighted by Crippen LogP contribution is 2.28. The van der Waals surface area contributed by atoms with E-state index in [1.54, 1.807) is 33.5 Å². The molecule has 2 rings (SSSR count). The normalized spacial score (nSPS) is 11.6. The summed E-state index contributed by atoms with van der Waals surface area (Å²) in [6, 6.07) is 10.1. The summed E-state index contributed by atoms with van der Waals surface area (Å²) in [5.41, 5.74) is 1.88. The third kappa shape index (κ3) is 4.04. The summed E-state index contributed by atoms with van der Waals surface area (Å²) < 4.78 is 36.5. The Balaban J connectivity index is 2.39. The van der Waals surface area contributed by atoms with Gasteiger partial charge in [0.1, 0.15) is 18.2 Å². The van der Waals surface area contributed by atoms with E-state index in [1.807, 2.05) is 19.1 Å². The Bertz CT molecular complexity index is 681. The van der Waals surface area contributed by atoms with Crippen LogP contribution in [0.1, 0.15) is 11.1 Å². The van der Waals surface area contributed by atoms with Gasteiger partial charge in [-0.15, -0.1) is 0 Å². The second-order valence-corrected chi connectivity index (χ2v) is 8.94. The molecule has 24 heavy (non-hydrogen) atoms. The summed E-state index contributed by atoms with van der Waals surface area (Å²) in [7, 11) is 1.60. The SMILES string of the molecule is CO[Si](OC)(OC)c1cc(C)cc(Br)c1OCc1ccc(F)cc1. The van der Waals surface area contributed by atoms with Crippen LogP contribution in [0.4, 0.5) is 4.39 Å². The topological polar surface area (TPSA) is 36.9 Å². The number of rotatable bonds is 7. The summed E-state index contributed by atoms with van der Waals surface area (Å²) in [6.07, 6.45) is 0. The molecule has 2 aromatic rings. The van der Waals surface area contributed by atoms with Crippen molar-refractivity contribution < 1.29 is 22.4 Å². The molecule has 2 aromatic carbocycles. The molecule has 0 aromatic heterocycles. The summed E-state index contributed by atoms with van der Waals surface area (Å²) in [5, 5.41) is 0.740. The first-order chi connectivity index (χ1) is 11.5. The van der Waals surface area contributed by atoms with Gasteiger partial charge in [0.15, 0.2) is 0 Å². The largest absolute Gasteiger partial charge is 0.540 e. The van der Waals surface area contributed by atoms with Crippen molar-refractivity contribution in [2.24, 2.45) is 0 Å². The van der Waals surface area contributed by atoms with Gasteiger partial charge in [0, 0.05) is 21.3 Å². The average molecular weight is 415 g/mol. The van der Waals surface area contributed by atoms with Gasteiger partial charge >= 0.3 is 8.80 Å². The van der Waals surface area contributed by atoms with Crippen LogP contribution in [0.5, 0.6) is 5.75 Å². The van der Waals surface area contributed by atoms with Gasteiger partial charge in [-0.3, -0.25) is 0 Å². The molecule has 0 spiro atoms. The van der Waals surface area contributed by atoms with Crippen LogP contribution in [0.25, 0.3) is 0 Å². The van der Waals surface area contributed by atoms with E-state index in [4.69, 9.17) is 18.0 Å². The quantitative estimate of drug-likeness (QED) is 0.649. The fourth-order valence-corrected chi connectivity index (χ4v) is 5.34. The highest BCUT2D eigenvalue weighted by Gasteiger charge is 2.44. The fourth-order valence-electron chi connectivity index (χ4n) is 2.42. The van der Waals surface area contributed by atoms with Crippen LogP contribution in [0, 0.1) is 12.7 Å². The van der Waals surface area contributed by atoms with Crippen molar-refractivity contribution in [2.45, 2.75) is 13.5 Å². The van der Waals surface area contributed by atoms with Crippen molar-refractivity contribution in [3.8, 4) is 5.75 Å². The van der Waals surface area contributed by atoms with E-state index < -0.39 is 8.80 Å². The van der Waals surface area contributed by atoms with Crippen LogP contribution in [0.2, 0.25) is 0 Å². The summed E-state index contributed by atoms with van der Waals surface area (Å²) in [4.78, 5) is 0. The first kappa shape index (κ1) is 19.1. The highest BCUT2D eigenvalue weighted by molar-refractivity contribution is 9.10. The molecule has 130 valence electrons. The molecule has 0 bridgehead atoms. The zero-order chi connectivity index (χ0) is 17.7. The van der Waals surface area contributed by atoms with Gasteiger partial charge in [0.05, 0.1) is 9.66 Å². The Kier molecular flexibility index (Phi) is 6.53. The number of hydrogen-bond acceptors (Lipinski definition) is 4. The molecular formula is C17H20BrFO4Si. The molecule has 0 amide bonds. The predicted octanol–water partition coefficient (Wildman–Crippen LogP) is 3.56. The third-order valence-electron chi connectivity index (χ3n) is 3.62. The maximum absolute atomic E-state index is 13.0. The van der Waals surface area contributed by atoms with Gasteiger partial charge in [-0.1, -0.05) is 12.1 Å². The van der Waals surface area contributed by atoms with Crippen molar-refractivity contribution in [3.63, 3.8) is 0 Å². The molecule has 4 nitrogen and oxygen atoms in total. The first-order valence-corrected chi connectivity index (χ1v) is 9.81. The predicted molar refractivity (Wildman–Crippen MR) is 96.0 cm³/mol. The lowest BCUT2D eigenvalue weighted by molar-refractivity contribution is 0.139. The smallest absolute Gasteiger partial charge is 0.488 e. The molecule has 0 saturated carbocycles. The number of benzene rings is 2. The van der Waals surface area contributed by atoms with Crippen molar-refractivity contribution in [2.75, 3.05) is 21.3 Å². The maximum Gasteiger partial charge on any atom is 0.540 e. The van der Waals surface area contributed by atoms with Crippen molar-refractivity contribution in [1.82, 2.24) is 0 Å². The van der Waals surface area contributed by atoms with E-state index >= 15 is 0 Å². The minimum atomic E-state index is -3.06. The molecule has 0 aliphatic rings. The minimum Gasteiger partial charge on any atom is -0.488 e. The van der Waals surface area contributed by atoms with Gasteiger partial charge in [0.25, 0.3) is 0 Å². The molecular weight excluding hydrogens is 395 g/mol. The Morgan fingerprint density at radius 3 is 2.12 bits per heavy atom. The number of halogens is 2. The van der Waals surface area contributed by atoms with Crippen LogP contribution in [0.15, 0.2) is 40.9 Å². The Labute approximate surface area is 151 Å². The van der Waals surface area contributed by atoms with E-state index in [9.17, 15) is 4.39 Å².